The van der Waals surface area contributed by atoms with Crippen molar-refractivity contribution in [2.24, 2.45) is 0 Å². The first-order valence-electron chi connectivity index (χ1n) is 10.6. The van der Waals surface area contributed by atoms with E-state index in [1.807, 2.05) is 0 Å². The van der Waals surface area contributed by atoms with E-state index in [-0.39, 0.29) is 24.8 Å². The molecular formula is C20H31F2N3O6. The normalized spacial score (nSPS) is 22.5. The molecule has 0 unspecified atom stereocenters. The Labute approximate surface area is 179 Å². The number of aromatic nitrogens is 2. The van der Waals surface area contributed by atoms with Crippen molar-refractivity contribution in [2.75, 3.05) is 18.5 Å². The van der Waals surface area contributed by atoms with Gasteiger partial charge in [0.1, 0.15) is 11.9 Å². The molecule has 1 aromatic rings. The average Bonchev–Trinajstić information content (AvgIpc) is 2.96. The second-order valence-electron chi connectivity index (χ2n) is 7.68. The van der Waals surface area contributed by atoms with Gasteiger partial charge in [-0.15, -0.1) is 0 Å². The van der Waals surface area contributed by atoms with E-state index >= 15 is 0 Å². The largest absolute Gasteiger partial charge is 0.396 e. The Morgan fingerprint density at radius 1 is 1.13 bits per heavy atom. The first kappa shape index (κ1) is 25.3. The number of carbonyl (C=O) groups is 1. The predicted molar refractivity (Wildman–Crippen MR) is 108 cm³/mol. The number of ether oxygens (including phenoxy) is 1. The number of alkyl halides is 2. The predicted octanol–water partition coefficient (Wildman–Crippen LogP) is 1.57. The number of nitrogens with one attached hydrogen (secondary N) is 1. The first-order chi connectivity index (χ1) is 14.8. The number of amides is 1. The zero-order valence-electron chi connectivity index (χ0n) is 17.4. The molecule has 1 aliphatic rings. The van der Waals surface area contributed by atoms with Gasteiger partial charge in [-0.2, -0.15) is 13.8 Å². The molecule has 0 spiro atoms. The summed E-state index contributed by atoms with van der Waals surface area (Å²) in [7, 11) is 0. The third kappa shape index (κ3) is 7.03. The van der Waals surface area contributed by atoms with Gasteiger partial charge in [-0.3, -0.25) is 9.36 Å². The van der Waals surface area contributed by atoms with Crippen LogP contribution in [0.25, 0.3) is 0 Å². The number of halogens is 2. The Bertz CT molecular complexity index is 761. The van der Waals surface area contributed by atoms with Gasteiger partial charge in [-0.25, -0.2) is 4.79 Å². The fourth-order valence-corrected chi connectivity index (χ4v) is 3.44. The van der Waals surface area contributed by atoms with Gasteiger partial charge in [0.25, 0.3) is 0 Å². The van der Waals surface area contributed by atoms with E-state index in [1.165, 1.54) is 6.07 Å². The summed E-state index contributed by atoms with van der Waals surface area (Å²) in [5.74, 6) is -4.18. The molecule has 0 aromatic carbocycles. The van der Waals surface area contributed by atoms with Crippen molar-refractivity contribution >= 4 is 11.7 Å². The average molecular weight is 447 g/mol. The molecule has 0 radical (unpaired) electrons. The lowest BCUT2D eigenvalue weighted by Crippen LogP contribution is -2.41. The summed E-state index contributed by atoms with van der Waals surface area (Å²) in [6.45, 7) is -0.597. The number of aliphatic hydroxyl groups excluding tert-OH is 3. The number of nitrogens with zero attached hydrogens (tertiary/aromatic N) is 2. The van der Waals surface area contributed by atoms with E-state index in [2.05, 4.69) is 10.3 Å². The van der Waals surface area contributed by atoms with Crippen LogP contribution in [0.15, 0.2) is 17.1 Å². The molecule has 0 saturated carbocycles. The first-order valence-corrected chi connectivity index (χ1v) is 10.6. The van der Waals surface area contributed by atoms with Crippen LogP contribution in [0, 0.1) is 0 Å². The highest BCUT2D eigenvalue weighted by atomic mass is 19.3. The van der Waals surface area contributed by atoms with E-state index < -0.39 is 36.7 Å². The van der Waals surface area contributed by atoms with E-state index in [0.29, 0.717) is 11.0 Å². The maximum Gasteiger partial charge on any atom is 0.351 e. The minimum atomic E-state index is -3.79. The lowest BCUT2D eigenvalue weighted by Gasteiger charge is -2.21. The Morgan fingerprint density at radius 3 is 2.29 bits per heavy atom. The van der Waals surface area contributed by atoms with Crippen LogP contribution < -0.4 is 11.0 Å². The second-order valence-corrected chi connectivity index (χ2v) is 7.68. The van der Waals surface area contributed by atoms with Crippen molar-refractivity contribution in [3.63, 3.8) is 0 Å². The smallest absolute Gasteiger partial charge is 0.351 e. The molecule has 3 atom stereocenters. The van der Waals surface area contributed by atoms with Crippen molar-refractivity contribution in [1.82, 2.24) is 9.55 Å². The Balaban J connectivity index is 1.78. The Morgan fingerprint density at radius 2 is 1.74 bits per heavy atom. The van der Waals surface area contributed by atoms with Crippen molar-refractivity contribution in [2.45, 2.75) is 82.1 Å². The number of hydrogen-bond acceptors (Lipinski definition) is 7. The Hall–Kier alpha value is -1.95. The molecule has 1 fully saturated rings. The molecule has 2 heterocycles. The van der Waals surface area contributed by atoms with Crippen LogP contribution in [0.4, 0.5) is 14.6 Å². The minimum Gasteiger partial charge on any atom is -0.396 e. The van der Waals surface area contributed by atoms with Crippen LogP contribution in [0.1, 0.15) is 64.0 Å². The molecule has 1 saturated heterocycles. The van der Waals surface area contributed by atoms with Crippen LogP contribution in [-0.4, -0.2) is 62.1 Å². The number of carbonyl (C=O) groups excluding carboxylic acids is 1. The molecule has 0 aliphatic carbocycles. The summed E-state index contributed by atoms with van der Waals surface area (Å²) < 4.78 is 33.8. The summed E-state index contributed by atoms with van der Waals surface area (Å²) in [5.41, 5.74) is -1.07. The maximum atomic E-state index is 14.2. The van der Waals surface area contributed by atoms with Gasteiger partial charge < -0.3 is 25.4 Å². The molecule has 31 heavy (non-hydrogen) atoms. The molecular weight excluding hydrogens is 416 g/mol. The summed E-state index contributed by atoms with van der Waals surface area (Å²) in [6.07, 6.45) is 3.10. The molecule has 0 bridgehead atoms. The number of anilines is 1. The Kier molecular flexibility index (Phi) is 9.94. The molecule has 2 rings (SSSR count). The fraction of sp³-hybridized carbons (Fsp3) is 0.750. The highest BCUT2D eigenvalue weighted by Crippen LogP contribution is 2.41. The van der Waals surface area contributed by atoms with Gasteiger partial charge in [0.15, 0.2) is 6.10 Å². The topological polar surface area (TPSA) is 134 Å². The van der Waals surface area contributed by atoms with Gasteiger partial charge >= 0.3 is 11.6 Å². The monoisotopic (exact) mass is 447 g/mol. The summed E-state index contributed by atoms with van der Waals surface area (Å²) >= 11 is 0. The molecule has 1 amide bonds. The molecule has 1 aliphatic heterocycles. The number of rotatable bonds is 13. The van der Waals surface area contributed by atoms with Gasteiger partial charge in [0.2, 0.25) is 12.1 Å². The maximum absolute atomic E-state index is 14.2. The van der Waals surface area contributed by atoms with Crippen LogP contribution >= 0.6 is 0 Å². The quantitative estimate of drug-likeness (QED) is 0.337. The number of hydrogen-bond donors (Lipinski definition) is 4. The van der Waals surface area contributed by atoms with Crippen molar-refractivity contribution in [1.29, 1.82) is 0 Å². The number of aliphatic hydroxyl groups is 3. The van der Waals surface area contributed by atoms with Crippen molar-refractivity contribution in [3.05, 3.63) is 22.7 Å². The zero-order valence-corrected chi connectivity index (χ0v) is 17.4. The van der Waals surface area contributed by atoms with Gasteiger partial charge in [-0.05, 0) is 18.9 Å². The fourth-order valence-electron chi connectivity index (χ4n) is 3.44. The van der Waals surface area contributed by atoms with Crippen LogP contribution in [0.2, 0.25) is 0 Å². The van der Waals surface area contributed by atoms with Gasteiger partial charge in [0.05, 0.1) is 6.61 Å². The molecule has 176 valence electrons. The van der Waals surface area contributed by atoms with E-state index in [0.717, 1.165) is 51.1 Å². The lowest BCUT2D eigenvalue weighted by atomic mass is 10.1. The summed E-state index contributed by atoms with van der Waals surface area (Å²) in [5, 5.41) is 29.8. The highest BCUT2D eigenvalue weighted by molar-refractivity contribution is 5.89. The molecule has 1 aromatic heterocycles. The van der Waals surface area contributed by atoms with Crippen molar-refractivity contribution in [3.8, 4) is 0 Å². The van der Waals surface area contributed by atoms with Crippen LogP contribution in [-0.2, 0) is 9.53 Å². The molecule has 11 heteroatoms. The highest BCUT2D eigenvalue weighted by Gasteiger charge is 2.59. The van der Waals surface area contributed by atoms with E-state index in [9.17, 15) is 23.5 Å². The minimum absolute atomic E-state index is 0.0595. The zero-order chi connectivity index (χ0) is 22.9. The lowest BCUT2D eigenvalue weighted by molar-refractivity contribution is -0.141. The SMILES string of the molecule is O=C(CCCCCCCCCCO)Nc1ccn([C@H]2O[C@@H](CO)[C@H](O)C2(F)F)c(=O)n1. The van der Waals surface area contributed by atoms with Crippen LogP contribution in [0.5, 0.6) is 0 Å². The second kappa shape index (κ2) is 12.2. The molecule has 9 nitrogen and oxygen atoms in total. The molecule has 4 N–H and O–H groups in total. The third-order valence-electron chi connectivity index (χ3n) is 5.22. The van der Waals surface area contributed by atoms with Crippen LogP contribution in [0.3, 0.4) is 0 Å². The van der Waals surface area contributed by atoms with E-state index in [1.54, 1.807) is 0 Å². The van der Waals surface area contributed by atoms with Gasteiger partial charge in [0, 0.05) is 19.2 Å². The van der Waals surface area contributed by atoms with E-state index in [4.69, 9.17) is 14.9 Å². The van der Waals surface area contributed by atoms with Crippen molar-refractivity contribution < 1.29 is 33.6 Å². The summed E-state index contributed by atoms with van der Waals surface area (Å²) in [6, 6.07) is 1.20. The van der Waals surface area contributed by atoms with Gasteiger partial charge in [-0.1, -0.05) is 38.5 Å². The standard InChI is InChI=1S/C20H31F2N3O6/c21-20(22)17(29)14(13-27)31-18(20)25-11-10-15(24-19(25)30)23-16(28)9-7-5-3-1-2-4-6-8-12-26/h10-11,14,17-18,26-27,29H,1-9,12-13H2,(H,23,24,28,30)/t14-,17-,18-/m0/s1. The number of unbranched alkanes of at least 4 members (excludes halogenated alkanes) is 7. The third-order valence-corrected chi connectivity index (χ3v) is 5.22. The summed E-state index contributed by atoms with van der Waals surface area (Å²) in [4.78, 5) is 27.8.